The molecule has 0 unspecified atom stereocenters. The van der Waals surface area contributed by atoms with E-state index in [9.17, 15) is 9.59 Å². The minimum atomic E-state index is -0.253. The van der Waals surface area contributed by atoms with Crippen LogP contribution in [-0.2, 0) is 0 Å². The molecule has 3 aromatic carbocycles. The number of hydrogen-bond acceptors (Lipinski definition) is 3. The number of benzene rings is 3. The van der Waals surface area contributed by atoms with Crippen molar-refractivity contribution in [2.45, 2.75) is 39.5 Å². The quantitative estimate of drug-likeness (QED) is 0.284. The minimum absolute atomic E-state index is 0.176. The van der Waals surface area contributed by atoms with Gasteiger partial charge in [-0.2, -0.15) is 0 Å². The van der Waals surface area contributed by atoms with Gasteiger partial charge < -0.3 is 15.4 Å². The molecule has 0 spiro atoms. The predicted molar refractivity (Wildman–Crippen MR) is 137 cm³/mol. The molecule has 0 saturated heterocycles. The fraction of sp³-hybridized carbons (Fsp3) is 0.259. The highest BCUT2D eigenvalue weighted by Gasteiger charge is 2.14. The largest absolute Gasteiger partial charge is 0.493 e. The number of rotatable bonds is 10. The Balaban J connectivity index is 1.62. The van der Waals surface area contributed by atoms with E-state index < -0.39 is 0 Å². The van der Waals surface area contributed by atoms with E-state index in [2.05, 4.69) is 33.5 Å². The highest BCUT2D eigenvalue weighted by Crippen LogP contribution is 2.25. The molecule has 2 amide bonds. The molecule has 0 bridgehead atoms. The molecule has 0 aliphatic heterocycles. The summed E-state index contributed by atoms with van der Waals surface area (Å²) in [4.78, 5) is 25.3. The second kappa shape index (κ2) is 12.2. The fourth-order valence-electron chi connectivity index (χ4n) is 3.34. The third kappa shape index (κ3) is 7.46. The van der Waals surface area contributed by atoms with E-state index in [-0.39, 0.29) is 11.8 Å². The van der Waals surface area contributed by atoms with E-state index in [1.165, 1.54) is 12.8 Å². The van der Waals surface area contributed by atoms with Crippen molar-refractivity contribution in [3.05, 3.63) is 87.9 Å². The summed E-state index contributed by atoms with van der Waals surface area (Å²) in [6.45, 7) is 4.70. The molecule has 3 aromatic rings. The molecule has 0 saturated carbocycles. The van der Waals surface area contributed by atoms with Gasteiger partial charge in [-0.3, -0.25) is 9.59 Å². The number of amides is 2. The van der Waals surface area contributed by atoms with Gasteiger partial charge in [0.15, 0.2) is 0 Å². The number of anilines is 2. The zero-order valence-electron chi connectivity index (χ0n) is 19.0. The number of nitrogens with one attached hydrogen (secondary N) is 2. The summed E-state index contributed by atoms with van der Waals surface area (Å²) in [5, 5.41) is 5.78. The highest BCUT2D eigenvalue weighted by atomic mass is 79.9. The number of carbonyl (C=O) groups is 2. The number of aryl methyl sites for hydroxylation is 1. The molecular weight excluding hydrogens is 480 g/mol. The Kier molecular flexibility index (Phi) is 9.07. The molecule has 5 nitrogen and oxygen atoms in total. The second-order valence-corrected chi connectivity index (χ2v) is 8.82. The Hall–Kier alpha value is -3.12. The fourth-order valence-corrected chi connectivity index (χ4v) is 3.70. The topological polar surface area (TPSA) is 67.4 Å². The molecule has 0 aromatic heterocycles. The molecule has 2 N–H and O–H groups in total. The number of ether oxygens (including phenoxy) is 1. The van der Waals surface area contributed by atoms with Gasteiger partial charge in [0.25, 0.3) is 11.8 Å². The van der Waals surface area contributed by atoms with Crippen LogP contribution in [-0.4, -0.2) is 18.4 Å². The van der Waals surface area contributed by atoms with Gasteiger partial charge in [-0.25, -0.2) is 0 Å². The van der Waals surface area contributed by atoms with Crippen molar-refractivity contribution in [3.8, 4) is 5.75 Å². The zero-order valence-corrected chi connectivity index (χ0v) is 20.6. The lowest BCUT2D eigenvalue weighted by Gasteiger charge is -2.13. The standard InChI is InChI=1S/C27H29BrN2O3/c1-3-4-5-6-16-33-25-15-10-21(28)18-24(25)27(32)30-23-13-11-22(12-14-23)29-26(31)20-9-7-8-19(2)17-20/h7-15,17-18H,3-6,16H2,1-2H3,(H,29,31)(H,30,32). The van der Waals surface area contributed by atoms with Crippen molar-refractivity contribution >= 4 is 39.1 Å². The van der Waals surface area contributed by atoms with Gasteiger partial charge in [0.05, 0.1) is 12.2 Å². The van der Waals surface area contributed by atoms with Crippen molar-refractivity contribution in [1.29, 1.82) is 0 Å². The molecule has 0 radical (unpaired) electrons. The summed E-state index contributed by atoms with van der Waals surface area (Å²) in [6, 6.07) is 19.9. The summed E-state index contributed by atoms with van der Waals surface area (Å²) < 4.78 is 6.69. The summed E-state index contributed by atoms with van der Waals surface area (Å²) in [5.41, 5.74) is 3.37. The van der Waals surface area contributed by atoms with Crippen molar-refractivity contribution < 1.29 is 14.3 Å². The molecule has 0 aliphatic rings. The van der Waals surface area contributed by atoms with Crippen LogP contribution in [0.25, 0.3) is 0 Å². The van der Waals surface area contributed by atoms with Gasteiger partial charge in [-0.05, 0) is 67.9 Å². The van der Waals surface area contributed by atoms with E-state index in [1.54, 1.807) is 36.4 Å². The van der Waals surface area contributed by atoms with E-state index in [0.29, 0.717) is 34.9 Å². The van der Waals surface area contributed by atoms with Gasteiger partial charge in [0, 0.05) is 21.4 Å². The van der Waals surface area contributed by atoms with Crippen LogP contribution < -0.4 is 15.4 Å². The Morgan fingerprint density at radius 3 is 2.21 bits per heavy atom. The lowest BCUT2D eigenvalue weighted by Crippen LogP contribution is -2.14. The first-order valence-electron chi connectivity index (χ1n) is 11.2. The molecule has 172 valence electrons. The monoisotopic (exact) mass is 508 g/mol. The van der Waals surface area contributed by atoms with Crippen LogP contribution in [0.2, 0.25) is 0 Å². The minimum Gasteiger partial charge on any atom is -0.493 e. The normalized spacial score (nSPS) is 10.5. The summed E-state index contributed by atoms with van der Waals surface area (Å²) >= 11 is 3.43. The molecular formula is C27H29BrN2O3. The van der Waals surface area contributed by atoms with Crippen molar-refractivity contribution in [2.75, 3.05) is 17.2 Å². The average Bonchev–Trinajstić information content (AvgIpc) is 2.81. The van der Waals surface area contributed by atoms with Gasteiger partial charge in [0.1, 0.15) is 5.75 Å². The Morgan fingerprint density at radius 2 is 1.55 bits per heavy atom. The SMILES string of the molecule is CCCCCCOc1ccc(Br)cc1C(=O)Nc1ccc(NC(=O)c2cccc(C)c2)cc1. The van der Waals surface area contributed by atoms with Gasteiger partial charge in [-0.1, -0.05) is 59.8 Å². The lowest BCUT2D eigenvalue weighted by molar-refractivity contribution is 0.101. The van der Waals surface area contributed by atoms with Crippen LogP contribution in [0, 0.1) is 6.92 Å². The van der Waals surface area contributed by atoms with Gasteiger partial charge in [-0.15, -0.1) is 0 Å². The van der Waals surface area contributed by atoms with Crippen LogP contribution in [0.1, 0.15) is 58.9 Å². The molecule has 0 heterocycles. The maximum atomic E-state index is 12.9. The summed E-state index contributed by atoms with van der Waals surface area (Å²) in [7, 11) is 0. The first-order valence-corrected chi connectivity index (χ1v) is 12.0. The number of hydrogen-bond donors (Lipinski definition) is 2. The third-order valence-electron chi connectivity index (χ3n) is 5.12. The van der Waals surface area contributed by atoms with Crippen LogP contribution in [0.15, 0.2) is 71.2 Å². The van der Waals surface area contributed by atoms with E-state index in [1.807, 2.05) is 37.3 Å². The Labute approximate surface area is 203 Å². The zero-order chi connectivity index (χ0) is 23.6. The summed E-state index contributed by atoms with van der Waals surface area (Å²) in [5.74, 6) is 0.135. The van der Waals surface area contributed by atoms with Gasteiger partial charge >= 0.3 is 0 Å². The number of carbonyl (C=O) groups excluding carboxylic acids is 2. The van der Waals surface area contributed by atoms with E-state index in [0.717, 1.165) is 22.9 Å². The number of unbranched alkanes of at least 4 members (excludes halogenated alkanes) is 3. The molecule has 6 heteroatoms. The maximum absolute atomic E-state index is 12.9. The van der Waals surface area contributed by atoms with E-state index in [4.69, 9.17) is 4.74 Å². The van der Waals surface area contributed by atoms with Crippen LogP contribution >= 0.6 is 15.9 Å². The first-order chi connectivity index (χ1) is 16.0. The average molecular weight is 509 g/mol. The summed E-state index contributed by atoms with van der Waals surface area (Å²) in [6.07, 6.45) is 4.42. The third-order valence-corrected chi connectivity index (χ3v) is 5.62. The van der Waals surface area contributed by atoms with E-state index >= 15 is 0 Å². The molecule has 0 atom stereocenters. The molecule has 0 aliphatic carbocycles. The second-order valence-electron chi connectivity index (χ2n) is 7.90. The lowest BCUT2D eigenvalue weighted by atomic mass is 10.1. The predicted octanol–water partition coefficient (Wildman–Crippen LogP) is 7.22. The van der Waals surface area contributed by atoms with Crippen molar-refractivity contribution in [1.82, 2.24) is 0 Å². The maximum Gasteiger partial charge on any atom is 0.259 e. The van der Waals surface area contributed by atoms with Crippen LogP contribution in [0.4, 0.5) is 11.4 Å². The first kappa shape index (κ1) is 24.5. The van der Waals surface area contributed by atoms with Crippen LogP contribution in [0.3, 0.4) is 0 Å². The smallest absolute Gasteiger partial charge is 0.259 e. The van der Waals surface area contributed by atoms with Crippen LogP contribution in [0.5, 0.6) is 5.75 Å². The molecule has 3 rings (SSSR count). The van der Waals surface area contributed by atoms with Crippen molar-refractivity contribution in [2.24, 2.45) is 0 Å². The molecule has 0 fully saturated rings. The van der Waals surface area contributed by atoms with Crippen molar-refractivity contribution in [3.63, 3.8) is 0 Å². The number of halogens is 1. The highest BCUT2D eigenvalue weighted by molar-refractivity contribution is 9.10. The molecule has 33 heavy (non-hydrogen) atoms. The van der Waals surface area contributed by atoms with Gasteiger partial charge in [0.2, 0.25) is 0 Å². The Morgan fingerprint density at radius 1 is 0.848 bits per heavy atom. The Bertz CT molecular complexity index is 1100.